The summed E-state index contributed by atoms with van der Waals surface area (Å²) >= 11 is 1.87. The van der Waals surface area contributed by atoms with Gasteiger partial charge in [-0.05, 0) is 37.1 Å². The van der Waals surface area contributed by atoms with E-state index < -0.39 is 0 Å². The average molecular weight is 395 g/mol. The molecular weight excluding hydrogens is 368 g/mol. The summed E-state index contributed by atoms with van der Waals surface area (Å²) in [6.07, 6.45) is 6.53. The van der Waals surface area contributed by atoms with Gasteiger partial charge in [0.15, 0.2) is 11.0 Å². The Morgan fingerprint density at radius 1 is 1.00 bits per heavy atom. The molecule has 1 N–H and O–H groups in total. The van der Waals surface area contributed by atoms with Crippen LogP contribution in [0.15, 0.2) is 59.8 Å². The van der Waals surface area contributed by atoms with E-state index in [0.29, 0.717) is 11.8 Å². The second-order valence-corrected chi connectivity index (χ2v) is 8.27. The van der Waals surface area contributed by atoms with E-state index in [1.807, 2.05) is 42.1 Å². The number of hydrogen-bond acceptors (Lipinski definition) is 5. The number of nitrogens with one attached hydrogen (secondary N) is 1. The van der Waals surface area contributed by atoms with Crippen LogP contribution in [0.1, 0.15) is 37.9 Å². The maximum Gasteiger partial charge on any atom is 0.196 e. The van der Waals surface area contributed by atoms with Gasteiger partial charge in [0.2, 0.25) is 0 Å². The molecule has 3 aromatic rings. The first-order valence-corrected chi connectivity index (χ1v) is 10.8. The van der Waals surface area contributed by atoms with Gasteiger partial charge in [0.05, 0.1) is 19.3 Å². The number of para-hydroxylation sites is 3. The highest BCUT2D eigenvalue weighted by molar-refractivity contribution is 7.99. The molecule has 0 saturated heterocycles. The Hall–Kier alpha value is -2.47. The lowest BCUT2D eigenvalue weighted by atomic mass is 10.0. The third-order valence-corrected chi connectivity index (χ3v) is 6.36. The van der Waals surface area contributed by atoms with Gasteiger partial charge in [-0.2, -0.15) is 0 Å². The number of rotatable bonds is 7. The highest BCUT2D eigenvalue weighted by Crippen LogP contribution is 2.34. The fourth-order valence-corrected chi connectivity index (χ4v) is 4.90. The molecule has 0 aliphatic heterocycles. The third kappa shape index (κ3) is 4.33. The van der Waals surface area contributed by atoms with E-state index in [-0.39, 0.29) is 0 Å². The Bertz CT molecular complexity index is 891. The van der Waals surface area contributed by atoms with Crippen molar-refractivity contribution in [2.45, 2.75) is 49.1 Å². The SMILES string of the molecule is COc1ccccc1NCc1nnc(SC2CCCCC2)n1-c1ccccc1. The van der Waals surface area contributed by atoms with Gasteiger partial charge in [-0.15, -0.1) is 10.2 Å². The maximum absolute atomic E-state index is 5.44. The first-order valence-electron chi connectivity index (χ1n) is 9.88. The Balaban J connectivity index is 1.59. The number of methoxy groups -OCH3 is 1. The summed E-state index contributed by atoms with van der Waals surface area (Å²) < 4.78 is 7.63. The maximum atomic E-state index is 5.44. The molecule has 0 atom stereocenters. The van der Waals surface area contributed by atoms with Gasteiger partial charge >= 0.3 is 0 Å². The van der Waals surface area contributed by atoms with Crippen molar-refractivity contribution in [3.63, 3.8) is 0 Å². The van der Waals surface area contributed by atoms with E-state index in [4.69, 9.17) is 4.74 Å². The second-order valence-electron chi connectivity index (χ2n) is 7.00. The monoisotopic (exact) mass is 394 g/mol. The first kappa shape index (κ1) is 18.9. The summed E-state index contributed by atoms with van der Waals surface area (Å²) in [7, 11) is 1.69. The smallest absolute Gasteiger partial charge is 0.196 e. The van der Waals surface area contributed by atoms with Crippen molar-refractivity contribution in [2.24, 2.45) is 0 Å². The highest BCUT2D eigenvalue weighted by atomic mass is 32.2. The molecule has 0 radical (unpaired) electrons. The van der Waals surface area contributed by atoms with Gasteiger partial charge in [0.25, 0.3) is 0 Å². The van der Waals surface area contributed by atoms with Gasteiger partial charge < -0.3 is 10.1 Å². The van der Waals surface area contributed by atoms with Crippen LogP contribution in [0.5, 0.6) is 5.75 Å². The number of hydrogen-bond donors (Lipinski definition) is 1. The molecule has 0 unspecified atom stereocenters. The molecule has 1 aliphatic rings. The summed E-state index contributed by atoms with van der Waals surface area (Å²) in [6, 6.07) is 18.3. The van der Waals surface area contributed by atoms with E-state index in [0.717, 1.165) is 28.1 Å². The Morgan fingerprint density at radius 3 is 2.54 bits per heavy atom. The van der Waals surface area contributed by atoms with Gasteiger partial charge in [-0.25, -0.2) is 0 Å². The van der Waals surface area contributed by atoms with E-state index in [1.165, 1.54) is 32.1 Å². The van der Waals surface area contributed by atoms with E-state index >= 15 is 0 Å². The molecule has 1 saturated carbocycles. The molecule has 5 nitrogen and oxygen atoms in total. The fourth-order valence-electron chi connectivity index (χ4n) is 3.62. The van der Waals surface area contributed by atoms with Crippen LogP contribution in [-0.2, 0) is 6.54 Å². The van der Waals surface area contributed by atoms with E-state index in [9.17, 15) is 0 Å². The topological polar surface area (TPSA) is 52.0 Å². The summed E-state index contributed by atoms with van der Waals surface area (Å²) in [4.78, 5) is 0. The number of benzene rings is 2. The molecule has 1 heterocycles. The van der Waals surface area contributed by atoms with Gasteiger partial charge in [-0.1, -0.05) is 61.4 Å². The largest absolute Gasteiger partial charge is 0.495 e. The van der Waals surface area contributed by atoms with Crippen LogP contribution in [0.2, 0.25) is 0 Å². The van der Waals surface area contributed by atoms with Crippen LogP contribution in [-0.4, -0.2) is 27.1 Å². The zero-order valence-corrected chi connectivity index (χ0v) is 17.0. The fraction of sp³-hybridized carbons (Fsp3) is 0.364. The number of anilines is 1. The minimum atomic E-state index is 0.577. The molecule has 1 fully saturated rings. The van der Waals surface area contributed by atoms with Crippen molar-refractivity contribution in [3.05, 3.63) is 60.4 Å². The van der Waals surface area contributed by atoms with Gasteiger partial charge in [0, 0.05) is 10.9 Å². The number of ether oxygens (including phenoxy) is 1. The highest BCUT2D eigenvalue weighted by Gasteiger charge is 2.21. The summed E-state index contributed by atoms with van der Waals surface area (Å²) in [5.74, 6) is 1.72. The van der Waals surface area contributed by atoms with Crippen molar-refractivity contribution < 1.29 is 4.74 Å². The molecule has 1 aliphatic carbocycles. The van der Waals surface area contributed by atoms with Crippen LogP contribution in [0, 0.1) is 0 Å². The Kier molecular flexibility index (Phi) is 6.17. The van der Waals surface area contributed by atoms with Crippen molar-refractivity contribution in [3.8, 4) is 11.4 Å². The van der Waals surface area contributed by atoms with Crippen LogP contribution in [0.4, 0.5) is 5.69 Å². The summed E-state index contributed by atoms with van der Waals surface area (Å²) in [5, 5.41) is 14.1. The molecular formula is C22H26N4OS. The average Bonchev–Trinajstić information content (AvgIpc) is 3.16. The number of nitrogens with zero attached hydrogens (tertiary/aromatic N) is 3. The predicted molar refractivity (Wildman–Crippen MR) is 114 cm³/mol. The summed E-state index contributed by atoms with van der Waals surface area (Å²) in [5.41, 5.74) is 2.05. The van der Waals surface area contributed by atoms with E-state index in [1.54, 1.807) is 7.11 Å². The predicted octanol–water partition coefficient (Wildman–Crippen LogP) is 5.31. The van der Waals surface area contributed by atoms with Crippen LogP contribution >= 0.6 is 11.8 Å². The first-order chi connectivity index (χ1) is 13.8. The molecule has 4 rings (SSSR count). The minimum absolute atomic E-state index is 0.577. The molecule has 146 valence electrons. The van der Waals surface area contributed by atoms with Gasteiger partial charge in [0.1, 0.15) is 5.75 Å². The summed E-state index contributed by atoms with van der Waals surface area (Å²) in [6.45, 7) is 0.577. The number of aromatic nitrogens is 3. The zero-order chi connectivity index (χ0) is 19.2. The molecule has 0 spiro atoms. The zero-order valence-electron chi connectivity index (χ0n) is 16.2. The minimum Gasteiger partial charge on any atom is -0.495 e. The molecule has 1 aromatic heterocycles. The molecule has 28 heavy (non-hydrogen) atoms. The van der Waals surface area contributed by atoms with Crippen LogP contribution in [0.3, 0.4) is 0 Å². The molecule has 0 bridgehead atoms. The Labute approximate surface area is 170 Å². The Morgan fingerprint density at radius 2 is 1.75 bits per heavy atom. The quantitative estimate of drug-likeness (QED) is 0.588. The lowest BCUT2D eigenvalue weighted by Crippen LogP contribution is -2.11. The number of thioether (sulfide) groups is 1. The van der Waals surface area contributed by atoms with Gasteiger partial charge in [-0.3, -0.25) is 4.57 Å². The molecule has 6 heteroatoms. The second kappa shape index (κ2) is 9.15. The normalized spacial score (nSPS) is 14.8. The molecule has 2 aromatic carbocycles. The van der Waals surface area contributed by atoms with Crippen molar-refractivity contribution >= 4 is 17.4 Å². The van der Waals surface area contributed by atoms with Crippen molar-refractivity contribution in [2.75, 3.05) is 12.4 Å². The lowest BCUT2D eigenvalue weighted by molar-refractivity contribution is 0.416. The van der Waals surface area contributed by atoms with Crippen molar-refractivity contribution in [1.82, 2.24) is 14.8 Å². The third-order valence-electron chi connectivity index (χ3n) is 5.08. The van der Waals surface area contributed by atoms with E-state index in [2.05, 4.69) is 44.3 Å². The standard InChI is InChI=1S/C22H26N4OS/c1-27-20-15-9-8-14-19(20)23-16-21-24-25-22(28-18-12-6-3-7-13-18)26(21)17-10-4-2-5-11-17/h2,4-5,8-11,14-15,18,23H,3,6-7,12-13,16H2,1H3. The van der Waals surface area contributed by atoms with Crippen LogP contribution < -0.4 is 10.1 Å². The molecule has 0 amide bonds. The van der Waals surface area contributed by atoms with Crippen molar-refractivity contribution in [1.29, 1.82) is 0 Å². The van der Waals surface area contributed by atoms with Crippen LogP contribution in [0.25, 0.3) is 5.69 Å². The lowest BCUT2D eigenvalue weighted by Gasteiger charge is -2.21.